The van der Waals surface area contributed by atoms with Crippen molar-refractivity contribution in [2.45, 2.75) is 69.3 Å². The van der Waals surface area contributed by atoms with Crippen LogP contribution in [-0.4, -0.2) is 54.8 Å². The number of benzene rings is 1. The van der Waals surface area contributed by atoms with Gasteiger partial charge in [0.15, 0.2) is 0 Å². The smallest absolute Gasteiger partial charge is 0.311 e. The standard InChI is InChI=1S/C25H34N4O4S/c30-25-24(33-22-12-7-13-22)23(18-26-29(25)21-10-5-2-6-11-21)27-14-16-28(17-15-27)34(31,32)19-20-8-3-1-4-9-20/h1,3-4,8-9,18,21-22H,2,5-7,10-17,19H2. The average molecular weight is 487 g/mol. The lowest BCUT2D eigenvalue weighted by atomic mass is 9.95. The van der Waals surface area contributed by atoms with E-state index in [0.29, 0.717) is 37.6 Å². The number of piperazine rings is 1. The predicted molar refractivity (Wildman–Crippen MR) is 132 cm³/mol. The van der Waals surface area contributed by atoms with E-state index in [1.165, 1.54) is 6.42 Å². The number of nitrogens with zero attached hydrogens (tertiary/aromatic N) is 4. The lowest BCUT2D eigenvalue weighted by molar-refractivity contribution is 0.116. The Morgan fingerprint density at radius 1 is 0.912 bits per heavy atom. The van der Waals surface area contributed by atoms with Crippen LogP contribution in [0.15, 0.2) is 41.3 Å². The minimum absolute atomic E-state index is 0.00285. The molecule has 2 saturated carbocycles. The molecule has 184 valence electrons. The maximum atomic E-state index is 13.5. The van der Waals surface area contributed by atoms with Crippen molar-refractivity contribution in [2.75, 3.05) is 31.1 Å². The van der Waals surface area contributed by atoms with Crippen LogP contribution in [0.4, 0.5) is 5.69 Å². The molecule has 0 radical (unpaired) electrons. The van der Waals surface area contributed by atoms with E-state index in [-0.39, 0.29) is 23.5 Å². The van der Waals surface area contributed by atoms with Crippen LogP contribution in [0.1, 0.15) is 63.0 Å². The molecule has 1 aromatic carbocycles. The summed E-state index contributed by atoms with van der Waals surface area (Å²) in [5.41, 5.74) is 1.34. The van der Waals surface area contributed by atoms with Crippen LogP contribution in [0, 0.1) is 0 Å². The van der Waals surface area contributed by atoms with Gasteiger partial charge in [-0.15, -0.1) is 0 Å². The molecule has 0 spiro atoms. The van der Waals surface area contributed by atoms with E-state index >= 15 is 0 Å². The Bertz CT molecular complexity index is 1130. The first-order valence-corrected chi connectivity index (χ1v) is 14.2. The van der Waals surface area contributed by atoms with E-state index in [9.17, 15) is 13.2 Å². The zero-order valence-electron chi connectivity index (χ0n) is 19.6. The van der Waals surface area contributed by atoms with Gasteiger partial charge in [0.25, 0.3) is 0 Å². The molecule has 0 amide bonds. The predicted octanol–water partition coefficient (Wildman–Crippen LogP) is 3.33. The Morgan fingerprint density at radius 3 is 2.26 bits per heavy atom. The van der Waals surface area contributed by atoms with Crippen LogP contribution in [0.2, 0.25) is 0 Å². The second-order valence-electron chi connectivity index (χ2n) is 9.70. The number of rotatable bonds is 7. The van der Waals surface area contributed by atoms with Crippen LogP contribution in [0.3, 0.4) is 0 Å². The Morgan fingerprint density at radius 2 is 1.62 bits per heavy atom. The molecule has 2 aliphatic carbocycles. The van der Waals surface area contributed by atoms with Crippen molar-refractivity contribution in [1.29, 1.82) is 0 Å². The lowest BCUT2D eigenvalue weighted by Crippen LogP contribution is -2.49. The van der Waals surface area contributed by atoms with Crippen LogP contribution >= 0.6 is 0 Å². The third kappa shape index (κ3) is 5.00. The number of ether oxygens (including phenoxy) is 1. The second-order valence-corrected chi connectivity index (χ2v) is 11.7. The van der Waals surface area contributed by atoms with Gasteiger partial charge in [0, 0.05) is 26.2 Å². The normalized spacial score (nSPS) is 20.8. The summed E-state index contributed by atoms with van der Waals surface area (Å²) in [6.45, 7) is 1.76. The Balaban J connectivity index is 1.33. The van der Waals surface area contributed by atoms with Crippen molar-refractivity contribution in [3.05, 3.63) is 52.4 Å². The third-order valence-electron chi connectivity index (χ3n) is 7.36. The molecular formula is C25H34N4O4S. The first-order chi connectivity index (χ1) is 16.5. The summed E-state index contributed by atoms with van der Waals surface area (Å²) >= 11 is 0. The summed E-state index contributed by atoms with van der Waals surface area (Å²) in [5, 5.41) is 4.56. The molecule has 2 heterocycles. The highest BCUT2D eigenvalue weighted by Crippen LogP contribution is 2.33. The van der Waals surface area contributed by atoms with Gasteiger partial charge in [0.2, 0.25) is 15.8 Å². The summed E-state index contributed by atoms with van der Waals surface area (Å²) in [7, 11) is -3.40. The zero-order chi connectivity index (χ0) is 23.5. The number of aromatic nitrogens is 2. The van der Waals surface area contributed by atoms with Crippen molar-refractivity contribution < 1.29 is 13.2 Å². The summed E-state index contributed by atoms with van der Waals surface area (Å²) < 4.78 is 35.3. The number of hydrogen-bond donors (Lipinski definition) is 0. The molecule has 0 bridgehead atoms. The van der Waals surface area contributed by atoms with Crippen molar-refractivity contribution in [2.24, 2.45) is 0 Å². The summed E-state index contributed by atoms with van der Waals surface area (Å²) in [4.78, 5) is 15.5. The van der Waals surface area contributed by atoms with Gasteiger partial charge in [-0.3, -0.25) is 4.79 Å². The minimum Gasteiger partial charge on any atom is -0.483 e. The summed E-state index contributed by atoms with van der Waals surface area (Å²) in [5.74, 6) is 0.397. The van der Waals surface area contributed by atoms with Gasteiger partial charge in [0.05, 0.1) is 24.1 Å². The van der Waals surface area contributed by atoms with E-state index < -0.39 is 10.0 Å². The largest absolute Gasteiger partial charge is 0.483 e. The molecule has 8 nitrogen and oxygen atoms in total. The SMILES string of the molecule is O=c1c(OC2CCC2)c(N2CCN(S(=O)(=O)Cc3ccccc3)CC2)cnn1C1CCCCC1. The van der Waals surface area contributed by atoms with Crippen LogP contribution in [0.5, 0.6) is 5.75 Å². The van der Waals surface area contributed by atoms with Gasteiger partial charge in [-0.2, -0.15) is 9.40 Å². The van der Waals surface area contributed by atoms with Crippen LogP contribution < -0.4 is 15.2 Å². The first kappa shape index (κ1) is 23.4. The van der Waals surface area contributed by atoms with Crippen molar-refractivity contribution in [3.8, 4) is 5.75 Å². The fourth-order valence-corrected chi connectivity index (χ4v) is 6.62. The molecule has 0 N–H and O–H groups in total. The molecule has 2 aromatic rings. The molecule has 5 rings (SSSR count). The van der Waals surface area contributed by atoms with E-state index in [4.69, 9.17) is 4.74 Å². The highest BCUT2D eigenvalue weighted by Gasteiger charge is 2.31. The van der Waals surface area contributed by atoms with Crippen LogP contribution in [-0.2, 0) is 15.8 Å². The van der Waals surface area contributed by atoms with Gasteiger partial charge >= 0.3 is 5.56 Å². The molecule has 34 heavy (non-hydrogen) atoms. The first-order valence-electron chi connectivity index (χ1n) is 12.6. The molecule has 1 saturated heterocycles. The highest BCUT2D eigenvalue weighted by molar-refractivity contribution is 7.88. The number of hydrogen-bond acceptors (Lipinski definition) is 6. The summed E-state index contributed by atoms with van der Waals surface area (Å²) in [6, 6.07) is 9.41. The molecule has 9 heteroatoms. The zero-order valence-corrected chi connectivity index (χ0v) is 20.5. The summed E-state index contributed by atoms with van der Waals surface area (Å²) in [6.07, 6.45) is 10.3. The maximum absolute atomic E-state index is 13.5. The highest BCUT2D eigenvalue weighted by atomic mass is 32.2. The van der Waals surface area contributed by atoms with Gasteiger partial charge < -0.3 is 9.64 Å². The van der Waals surface area contributed by atoms with Gasteiger partial charge in [-0.05, 0) is 37.7 Å². The average Bonchev–Trinajstić information content (AvgIpc) is 2.83. The van der Waals surface area contributed by atoms with Crippen LogP contribution in [0.25, 0.3) is 0 Å². The van der Waals surface area contributed by atoms with Gasteiger partial charge in [-0.25, -0.2) is 13.1 Å². The molecular weight excluding hydrogens is 452 g/mol. The number of sulfonamides is 1. The molecule has 0 unspecified atom stereocenters. The fraction of sp³-hybridized carbons (Fsp3) is 0.600. The van der Waals surface area contributed by atoms with E-state index in [1.54, 1.807) is 15.2 Å². The molecule has 3 fully saturated rings. The topological polar surface area (TPSA) is 84.7 Å². The number of anilines is 1. The molecule has 0 atom stereocenters. The fourth-order valence-electron chi connectivity index (χ4n) is 5.10. The van der Waals surface area contributed by atoms with Crippen molar-refractivity contribution in [3.63, 3.8) is 0 Å². The Labute approximate surface area is 201 Å². The van der Waals surface area contributed by atoms with Crippen molar-refractivity contribution >= 4 is 15.7 Å². The monoisotopic (exact) mass is 486 g/mol. The third-order valence-corrected chi connectivity index (χ3v) is 9.21. The second kappa shape index (κ2) is 10.1. The Kier molecular flexibility index (Phi) is 6.92. The lowest BCUT2D eigenvalue weighted by Gasteiger charge is -2.37. The van der Waals surface area contributed by atoms with E-state index in [1.807, 2.05) is 30.3 Å². The molecule has 1 aromatic heterocycles. The van der Waals surface area contributed by atoms with Gasteiger partial charge in [-0.1, -0.05) is 49.6 Å². The van der Waals surface area contributed by atoms with Crippen molar-refractivity contribution in [1.82, 2.24) is 14.1 Å². The Hall–Kier alpha value is -2.39. The maximum Gasteiger partial charge on any atom is 0.311 e. The molecule has 1 aliphatic heterocycles. The van der Waals surface area contributed by atoms with E-state index in [2.05, 4.69) is 10.00 Å². The van der Waals surface area contributed by atoms with E-state index in [0.717, 1.165) is 50.5 Å². The van der Waals surface area contributed by atoms with Gasteiger partial charge in [0.1, 0.15) is 5.69 Å². The quantitative estimate of drug-likeness (QED) is 0.597. The minimum atomic E-state index is -3.40. The molecule has 3 aliphatic rings.